The molecule has 0 bridgehead atoms. The first-order valence-electron chi connectivity index (χ1n) is 6.26. The van der Waals surface area contributed by atoms with Crippen LogP contribution in [0.15, 0.2) is 24.3 Å². The summed E-state index contributed by atoms with van der Waals surface area (Å²) in [6.45, 7) is 3.89. The van der Waals surface area contributed by atoms with Crippen LogP contribution < -0.4 is 15.0 Å². The van der Waals surface area contributed by atoms with Gasteiger partial charge in [0.05, 0.1) is 31.3 Å². The standard InChI is InChI=1S/C14H19N3O/c1-11-10-17(12(7-8-15)9-16-11)13-5-3-4-6-14(13)18-2/h3-6,11-12,16H,7,9-10H2,1-2H3. The Kier molecular flexibility index (Phi) is 4.06. The summed E-state index contributed by atoms with van der Waals surface area (Å²) in [5.74, 6) is 0.870. The molecule has 1 saturated heterocycles. The molecule has 0 saturated carbocycles. The molecular formula is C14H19N3O. The molecule has 96 valence electrons. The summed E-state index contributed by atoms with van der Waals surface area (Å²) in [4.78, 5) is 2.28. The van der Waals surface area contributed by atoms with Gasteiger partial charge < -0.3 is 15.0 Å². The third kappa shape index (κ3) is 2.57. The average molecular weight is 245 g/mol. The van der Waals surface area contributed by atoms with Crippen LogP contribution in [-0.4, -0.2) is 32.3 Å². The van der Waals surface area contributed by atoms with E-state index < -0.39 is 0 Å². The zero-order chi connectivity index (χ0) is 13.0. The molecular weight excluding hydrogens is 226 g/mol. The molecule has 2 atom stereocenters. The fraction of sp³-hybridized carbons (Fsp3) is 0.500. The van der Waals surface area contributed by atoms with Gasteiger partial charge in [-0.1, -0.05) is 12.1 Å². The van der Waals surface area contributed by atoms with E-state index >= 15 is 0 Å². The number of hydrogen-bond donors (Lipinski definition) is 1. The number of benzene rings is 1. The van der Waals surface area contributed by atoms with Gasteiger partial charge in [0.2, 0.25) is 0 Å². The highest BCUT2D eigenvalue weighted by Crippen LogP contribution is 2.30. The van der Waals surface area contributed by atoms with Gasteiger partial charge in [-0.3, -0.25) is 0 Å². The molecule has 0 amide bonds. The van der Waals surface area contributed by atoms with Crippen molar-refractivity contribution in [2.45, 2.75) is 25.4 Å². The lowest BCUT2D eigenvalue weighted by Crippen LogP contribution is -2.55. The average Bonchev–Trinajstić information content (AvgIpc) is 2.41. The van der Waals surface area contributed by atoms with Gasteiger partial charge in [-0.25, -0.2) is 0 Å². The molecule has 1 N–H and O–H groups in total. The summed E-state index contributed by atoms with van der Waals surface area (Å²) in [7, 11) is 1.68. The lowest BCUT2D eigenvalue weighted by atomic mass is 10.1. The van der Waals surface area contributed by atoms with Crippen LogP contribution in [0, 0.1) is 11.3 Å². The largest absolute Gasteiger partial charge is 0.495 e. The van der Waals surface area contributed by atoms with Gasteiger partial charge in [0.15, 0.2) is 0 Å². The molecule has 1 aromatic rings. The van der Waals surface area contributed by atoms with Crippen LogP contribution in [-0.2, 0) is 0 Å². The maximum atomic E-state index is 8.94. The maximum Gasteiger partial charge on any atom is 0.142 e. The minimum Gasteiger partial charge on any atom is -0.495 e. The van der Waals surface area contributed by atoms with Gasteiger partial charge >= 0.3 is 0 Å². The van der Waals surface area contributed by atoms with Gasteiger partial charge in [-0.2, -0.15) is 5.26 Å². The summed E-state index contributed by atoms with van der Waals surface area (Å²) in [6.07, 6.45) is 0.526. The van der Waals surface area contributed by atoms with Crippen molar-refractivity contribution in [1.82, 2.24) is 5.32 Å². The van der Waals surface area contributed by atoms with Crippen molar-refractivity contribution in [2.24, 2.45) is 0 Å². The summed E-state index contributed by atoms with van der Waals surface area (Å²) >= 11 is 0. The van der Waals surface area contributed by atoms with Crippen LogP contribution in [0.1, 0.15) is 13.3 Å². The van der Waals surface area contributed by atoms with Gasteiger partial charge in [0, 0.05) is 19.1 Å². The van der Waals surface area contributed by atoms with E-state index in [2.05, 4.69) is 29.3 Å². The van der Waals surface area contributed by atoms with Crippen molar-refractivity contribution < 1.29 is 4.74 Å². The van der Waals surface area contributed by atoms with E-state index in [1.165, 1.54) is 0 Å². The fourth-order valence-electron chi connectivity index (χ4n) is 2.41. The number of para-hydroxylation sites is 2. The van der Waals surface area contributed by atoms with Crippen LogP contribution in [0.3, 0.4) is 0 Å². The van der Waals surface area contributed by atoms with E-state index in [1.54, 1.807) is 7.11 Å². The number of rotatable bonds is 3. The molecule has 4 heteroatoms. The first kappa shape index (κ1) is 12.7. The third-order valence-electron chi connectivity index (χ3n) is 3.33. The second kappa shape index (κ2) is 5.74. The molecule has 4 nitrogen and oxygen atoms in total. The fourth-order valence-corrected chi connectivity index (χ4v) is 2.41. The van der Waals surface area contributed by atoms with Crippen LogP contribution in [0.5, 0.6) is 5.75 Å². The molecule has 1 aliphatic rings. The molecule has 0 aliphatic carbocycles. The highest BCUT2D eigenvalue weighted by Gasteiger charge is 2.27. The molecule has 1 fully saturated rings. The topological polar surface area (TPSA) is 48.3 Å². The van der Waals surface area contributed by atoms with Gasteiger partial charge in [-0.15, -0.1) is 0 Å². The molecule has 2 unspecified atom stereocenters. The number of ether oxygens (including phenoxy) is 1. The highest BCUT2D eigenvalue weighted by atomic mass is 16.5. The number of nitriles is 1. The first-order chi connectivity index (χ1) is 8.76. The molecule has 0 radical (unpaired) electrons. The predicted molar refractivity (Wildman–Crippen MR) is 71.8 cm³/mol. The Hall–Kier alpha value is -1.73. The Morgan fingerprint density at radius 3 is 3.00 bits per heavy atom. The Balaban J connectivity index is 2.29. The Morgan fingerprint density at radius 1 is 1.50 bits per heavy atom. The third-order valence-corrected chi connectivity index (χ3v) is 3.33. The molecule has 1 heterocycles. The van der Waals surface area contributed by atoms with Crippen LogP contribution in [0.4, 0.5) is 5.69 Å². The predicted octanol–water partition coefficient (Wildman–Crippen LogP) is 1.78. The summed E-state index contributed by atoms with van der Waals surface area (Å²) in [5.41, 5.74) is 1.08. The number of piperazine rings is 1. The molecule has 1 aliphatic heterocycles. The van der Waals surface area contributed by atoms with Crippen molar-refractivity contribution in [1.29, 1.82) is 5.26 Å². The van der Waals surface area contributed by atoms with Crippen molar-refractivity contribution in [3.63, 3.8) is 0 Å². The zero-order valence-corrected chi connectivity index (χ0v) is 10.9. The van der Waals surface area contributed by atoms with Crippen LogP contribution in [0.25, 0.3) is 0 Å². The number of nitrogens with zero attached hydrogens (tertiary/aromatic N) is 2. The van der Waals surface area contributed by atoms with Crippen LogP contribution >= 0.6 is 0 Å². The Morgan fingerprint density at radius 2 is 2.28 bits per heavy atom. The molecule has 2 rings (SSSR count). The van der Waals surface area contributed by atoms with Gasteiger partial charge in [0.1, 0.15) is 5.75 Å². The minimum absolute atomic E-state index is 0.211. The number of anilines is 1. The van der Waals surface area contributed by atoms with Crippen molar-refractivity contribution in [3.05, 3.63) is 24.3 Å². The summed E-state index contributed by atoms with van der Waals surface area (Å²) in [5, 5.41) is 12.4. The minimum atomic E-state index is 0.211. The lowest BCUT2D eigenvalue weighted by molar-refractivity contribution is 0.390. The van der Waals surface area contributed by atoms with Crippen molar-refractivity contribution >= 4 is 5.69 Å². The monoisotopic (exact) mass is 245 g/mol. The van der Waals surface area contributed by atoms with Crippen molar-refractivity contribution in [3.8, 4) is 11.8 Å². The smallest absolute Gasteiger partial charge is 0.142 e. The van der Waals surface area contributed by atoms with E-state index in [9.17, 15) is 0 Å². The summed E-state index contributed by atoms with van der Waals surface area (Å²) in [6, 6.07) is 10.9. The molecule has 18 heavy (non-hydrogen) atoms. The van der Waals surface area contributed by atoms with E-state index in [-0.39, 0.29) is 6.04 Å². The second-order valence-corrected chi connectivity index (χ2v) is 4.65. The number of nitrogens with one attached hydrogen (secondary N) is 1. The van der Waals surface area contributed by atoms with E-state index in [1.807, 2.05) is 18.2 Å². The number of hydrogen-bond acceptors (Lipinski definition) is 4. The summed E-state index contributed by atoms with van der Waals surface area (Å²) < 4.78 is 5.42. The molecule has 1 aromatic carbocycles. The highest BCUT2D eigenvalue weighted by molar-refractivity contribution is 5.59. The second-order valence-electron chi connectivity index (χ2n) is 4.65. The van der Waals surface area contributed by atoms with E-state index in [4.69, 9.17) is 10.00 Å². The quantitative estimate of drug-likeness (QED) is 0.881. The van der Waals surface area contributed by atoms with Crippen molar-refractivity contribution in [2.75, 3.05) is 25.1 Å². The molecule has 0 spiro atoms. The molecule has 0 aromatic heterocycles. The zero-order valence-electron chi connectivity index (χ0n) is 10.9. The normalized spacial score (nSPS) is 23.5. The lowest BCUT2D eigenvalue weighted by Gasteiger charge is -2.40. The first-order valence-corrected chi connectivity index (χ1v) is 6.26. The maximum absolute atomic E-state index is 8.94. The van der Waals surface area contributed by atoms with Crippen LogP contribution in [0.2, 0.25) is 0 Å². The number of methoxy groups -OCH3 is 1. The van der Waals surface area contributed by atoms with E-state index in [0.29, 0.717) is 12.5 Å². The van der Waals surface area contributed by atoms with Gasteiger partial charge in [0.25, 0.3) is 0 Å². The van der Waals surface area contributed by atoms with E-state index in [0.717, 1.165) is 24.5 Å². The SMILES string of the molecule is COc1ccccc1N1CC(C)NCC1CC#N. The Labute approximate surface area is 108 Å². The van der Waals surface area contributed by atoms with Gasteiger partial charge in [-0.05, 0) is 19.1 Å². The Bertz CT molecular complexity index is 441.